The number of carbonyl (C=O) groups is 1. The lowest BCUT2D eigenvalue weighted by Gasteiger charge is -2.28. The molecule has 134 valence electrons. The largest absolute Gasteiger partial charge is 0.387 e. The van der Waals surface area contributed by atoms with Gasteiger partial charge in [-0.1, -0.05) is 18.2 Å². The Morgan fingerprint density at radius 2 is 2.00 bits per heavy atom. The first-order chi connectivity index (χ1) is 12.1. The van der Waals surface area contributed by atoms with E-state index < -0.39 is 5.60 Å². The van der Waals surface area contributed by atoms with Crippen LogP contribution in [0.2, 0.25) is 0 Å². The molecular formula is C20H27N3O2. The molecule has 2 fully saturated rings. The SMILES string of the molecule is O=C(CCc1c[nH]c2ccccc12)N1CC[C@](O)(CN2CCCC2)C1. The van der Waals surface area contributed by atoms with E-state index in [2.05, 4.69) is 22.0 Å². The molecule has 0 unspecified atom stereocenters. The standard InChI is InChI=1S/C20H27N3O2/c24-19(8-7-16-13-21-18-6-2-1-5-17(16)18)23-12-9-20(25,15-23)14-22-10-3-4-11-22/h1-2,5-6,13,21,25H,3-4,7-12,14-15H2/t20-/m0/s1. The molecule has 5 heteroatoms. The molecular weight excluding hydrogens is 314 g/mol. The molecule has 0 bridgehead atoms. The average Bonchev–Trinajstić information content (AvgIpc) is 3.33. The Hall–Kier alpha value is -1.85. The lowest BCUT2D eigenvalue weighted by Crippen LogP contribution is -2.45. The molecule has 2 aliphatic rings. The van der Waals surface area contributed by atoms with Crippen LogP contribution >= 0.6 is 0 Å². The summed E-state index contributed by atoms with van der Waals surface area (Å²) in [4.78, 5) is 20.0. The lowest BCUT2D eigenvalue weighted by molar-refractivity contribution is -0.131. The number of β-amino-alcohol motifs (C(OH)–C–C–N with tert-alkyl or cyclic N) is 1. The van der Waals surface area contributed by atoms with Gasteiger partial charge in [0.05, 0.1) is 12.1 Å². The molecule has 2 N–H and O–H groups in total. The Morgan fingerprint density at radius 1 is 1.20 bits per heavy atom. The number of H-pyrrole nitrogens is 1. The maximum Gasteiger partial charge on any atom is 0.223 e. The maximum atomic E-state index is 12.6. The van der Waals surface area contributed by atoms with Crippen LogP contribution in [-0.4, -0.2) is 64.1 Å². The van der Waals surface area contributed by atoms with Gasteiger partial charge in [-0.2, -0.15) is 0 Å². The number of aromatic nitrogens is 1. The number of hydrogen-bond donors (Lipinski definition) is 2. The zero-order valence-electron chi connectivity index (χ0n) is 14.7. The number of likely N-dealkylation sites (tertiary alicyclic amines) is 2. The minimum absolute atomic E-state index is 0.155. The second-order valence-corrected chi connectivity index (χ2v) is 7.63. The van der Waals surface area contributed by atoms with E-state index in [9.17, 15) is 9.90 Å². The smallest absolute Gasteiger partial charge is 0.223 e. The number of para-hydroxylation sites is 1. The second kappa shape index (κ2) is 6.81. The third-order valence-electron chi connectivity index (χ3n) is 5.68. The fraction of sp³-hybridized carbons (Fsp3) is 0.550. The highest BCUT2D eigenvalue weighted by Crippen LogP contribution is 2.25. The molecule has 2 aliphatic heterocycles. The summed E-state index contributed by atoms with van der Waals surface area (Å²) in [6.45, 7) is 4.03. The summed E-state index contributed by atoms with van der Waals surface area (Å²) in [5, 5.41) is 12.0. The molecule has 5 nitrogen and oxygen atoms in total. The summed E-state index contributed by atoms with van der Waals surface area (Å²) in [5.74, 6) is 0.155. The van der Waals surface area contributed by atoms with E-state index in [-0.39, 0.29) is 5.91 Å². The van der Waals surface area contributed by atoms with Crippen molar-refractivity contribution in [3.63, 3.8) is 0 Å². The fourth-order valence-electron chi connectivity index (χ4n) is 4.29. The van der Waals surface area contributed by atoms with Crippen molar-refractivity contribution in [1.82, 2.24) is 14.8 Å². The number of aromatic amines is 1. The third kappa shape index (κ3) is 3.58. The van der Waals surface area contributed by atoms with Crippen molar-refractivity contribution in [1.29, 1.82) is 0 Å². The monoisotopic (exact) mass is 341 g/mol. The highest BCUT2D eigenvalue weighted by Gasteiger charge is 2.39. The predicted octanol–water partition coefficient (Wildman–Crippen LogP) is 2.16. The molecule has 2 aromatic rings. The van der Waals surface area contributed by atoms with Crippen molar-refractivity contribution in [2.45, 2.75) is 37.7 Å². The molecule has 0 aliphatic carbocycles. The minimum atomic E-state index is -0.721. The van der Waals surface area contributed by atoms with Crippen molar-refractivity contribution in [3.8, 4) is 0 Å². The van der Waals surface area contributed by atoms with E-state index in [0.717, 1.165) is 25.0 Å². The van der Waals surface area contributed by atoms with Gasteiger partial charge in [-0.15, -0.1) is 0 Å². The quantitative estimate of drug-likeness (QED) is 0.876. The molecule has 0 radical (unpaired) electrons. The number of benzene rings is 1. The molecule has 1 atom stereocenters. The van der Waals surface area contributed by atoms with E-state index >= 15 is 0 Å². The first-order valence-corrected chi connectivity index (χ1v) is 9.40. The highest BCUT2D eigenvalue weighted by atomic mass is 16.3. The van der Waals surface area contributed by atoms with Crippen molar-refractivity contribution >= 4 is 16.8 Å². The lowest BCUT2D eigenvalue weighted by atomic mass is 10.0. The summed E-state index contributed by atoms with van der Waals surface area (Å²) in [5.41, 5.74) is 1.59. The van der Waals surface area contributed by atoms with Gasteiger partial charge in [0.2, 0.25) is 5.91 Å². The fourth-order valence-corrected chi connectivity index (χ4v) is 4.29. The molecule has 0 saturated carbocycles. The second-order valence-electron chi connectivity index (χ2n) is 7.63. The van der Waals surface area contributed by atoms with Crippen molar-refractivity contribution in [3.05, 3.63) is 36.0 Å². The van der Waals surface area contributed by atoms with E-state index in [1.54, 1.807) is 0 Å². The van der Waals surface area contributed by atoms with Crippen LogP contribution < -0.4 is 0 Å². The first-order valence-electron chi connectivity index (χ1n) is 9.40. The number of amides is 1. The summed E-state index contributed by atoms with van der Waals surface area (Å²) in [6, 6.07) is 8.19. The summed E-state index contributed by atoms with van der Waals surface area (Å²) < 4.78 is 0. The zero-order chi connectivity index (χ0) is 17.3. The molecule has 25 heavy (non-hydrogen) atoms. The molecule has 1 aromatic carbocycles. The number of aliphatic hydroxyl groups is 1. The number of aryl methyl sites for hydroxylation is 1. The normalized spacial score (nSPS) is 24.4. The van der Waals surface area contributed by atoms with E-state index in [1.165, 1.54) is 23.8 Å². The van der Waals surface area contributed by atoms with Crippen LogP contribution in [0.25, 0.3) is 10.9 Å². The predicted molar refractivity (Wildman–Crippen MR) is 98.4 cm³/mol. The van der Waals surface area contributed by atoms with Crippen LogP contribution in [0.15, 0.2) is 30.5 Å². The first kappa shape index (κ1) is 16.6. The number of fused-ring (bicyclic) bond motifs is 1. The topological polar surface area (TPSA) is 59.6 Å². The van der Waals surface area contributed by atoms with Gasteiger partial charge in [-0.3, -0.25) is 4.79 Å². The number of carbonyl (C=O) groups excluding carboxylic acids is 1. The van der Waals surface area contributed by atoms with Crippen LogP contribution in [0.4, 0.5) is 0 Å². The van der Waals surface area contributed by atoms with Crippen LogP contribution in [0.3, 0.4) is 0 Å². The van der Waals surface area contributed by atoms with Crippen LogP contribution in [-0.2, 0) is 11.2 Å². The Balaban J connectivity index is 1.32. The molecule has 0 spiro atoms. The molecule has 1 amide bonds. The molecule has 3 heterocycles. The molecule has 2 saturated heterocycles. The average molecular weight is 341 g/mol. The molecule has 1 aromatic heterocycles. The minimum Gasteiger partial charge on any atom is -0.387 e. The number of nitrogens with one attached hydrogen (secondary N) is 1. The zero-order valence-corrected chi connectivity index (χ0v) is 14.7. The highest BCUT2D eigenvalue weighted by molar-refractivity contribution is 5.84. The van der Waals surface area contributed by atoms with Gasteiger partial charge in [0.1, 0.15) is 0 Å². The van der Waals surface area contributed by atoms with Gasteiger partial charge in [0, 0.05) is 36.6 Å². The van der Waals surface area contributed by atoms with Gasteiger partial charge < -0.3 is 19.9 Å². The maximum absolute atomic E-state index is 12.6. The van der Waals surface area contributed by atoms with Gasteiger partial charge in [0.25, 0.3) is 0 Å². The van der Waals surface area contributed by atoms with Crippen LogP contribution in [0.5, 0.6) is 0 Å². The van der Waals surface area contributed by atoms with Crippen molar-refractivity contribution in [2.75, 3.05) is 32.7 Å². The van der Waals surface area contributed by atoms with Crippen LogP contribution in [0.1, 0.15) is 31.2 Å². The van der Waals surface area contributed by atoms with Gasteiger partial charge >= 0.3 is 0 Å². The van der Waals surface area contributed by atoms with Gasteiger partial charge in [-0.05, 0) is 50.4 Å². The Labute approximate surface area is 148 Å². The summed E-state index contributed by atoms with van der Waals surface area (Å²) >= 11 is 0. The van der Waals surface area contributed by atoms with E-state index in [0.29, 0.717) is 32.5 Å². The summed E-state index contributed by atoms with van der Waals surface area (Å²) in [6.07, 6.45) is 6.40. The number of rotatable bonds is 5. The Bertz CT molecular complexity index is 750. The van der Waals surface area contributed by atoms with Crippen molar-refractivity contribution in [2.24, 2.45) is 0 Å². The van der Waals surface area contributed by atoms with Crippen LogP contribution in [0, 0.1) is 0 Å². The Morgan fingerprint density at radius 3 is 2.84 bits per heavy atom. The Kier molecular flexibility index (Phi) is 4.52. The molecule has 4 rings (SSSR count). The van der Waals surface area contributed by atoms with Gasteiger partial charge in [0.15, 0.2) is 0 Å². The van der Waals surface area contributed by atoms with E-state index in [1.807, 2.05) is 23.2 Å². The number of nitrogens with zero attached hydrogens (tertiary/aromatic N) is 2. The van der Waals surface area contributed by atoms with Crippen molar-refractivity contribution < 1.29 is 9.90 Å². The van der Waals surface area contributed by atoms with Gasteiger partial charge in [-0.25, -0.2) is 0 Å². The summed E-state index contributed by atoms with van der Waals surface area (Å²) in [7, 11) is 0. The number of hydrogen-bond acceptors (Lipinski definition) is 3. The third-order valence-corrected chi connectivity index (χ3v) is 5.68. The van der Waals surface area contributed by atoms with E-state index in [4.69, 9.17) is 0 Å².